The molecule has 0 saturated carbocycles. The van der Waals surface area contributed by atoms with Gasteiger partial charge in [0.05, 0.1) is 38.3 Å². The zero-order valence-corrected chi connectivity index (χ0v) is 17.1. The number of quaternary nitrogens is 1. The molecule has 2 N–H and O–H groups in total. The van der Waals surface area contributed by atoms with Gasteiger partial charge in [-0.25, -0.2) is 0 Å². The van der Waals surface area contributed by atoms with Crippen LogP contribution in [0.15, 0.2) is 48.5 Å². The van der Waals surface area contributed by atoms with Gasteiger partial charge in [0.25, 0.3) is 5.91 Å². The Hall–Kier alpha value is -2.74. The number of carbonyl (C=O) groups excluding carboxylic acids is 1. The molecule has 1 saturated heterocycles. The van der Waals surface area contributed by atoms with Crippen LogP contribution in [0, 0.1) is 0 Å². The van der Waals surface area contributed by atoms with Gasteiger partial charge < -0.3 is 19.9 Å². The molecule has 3 rings (SSSR count). The van der Waals surface area contributed by atoms with E-state index in [2.05, 4.69) is 5.32 Å². The number of hydrogen-bond donors (Lipinski definition) is 2. The summed E-state index contributed by atoms with van der Waals surface area (Å²) in [7, 11) is 0. The lowest BCUT2D eigenvalue weighted by molar-refractivity contribution is -0.914. The van der Waals surface area contributed by atoms with Gasteiger partial charge in [-0.15, -0.1) is 0 Å². The van der Waals surface area contributed by atoms with E-state index in [1.54, 1.807) is 18.2 Å². The maximum atomic E-state index is 13.0. The second-order valence-electron chi connectivity index (χ2n) is 7.36. The van der Waals surface area contributed by atoms with E-state index in [1.165, 1.54) is 12.1 Å². The number of hydrogen-bond acceptors (Lipinski definition) is 3. The fourth-order valence-corrected chi connectivity index (χ4v) is 3.60. The van der Waals surface area contributed by atoms with Gasteiger partial charge in [0.2, 0.25) is 0 Å². The number of halogens is 3. The Morgan fingerprint density at radius 2 is 1.83 bits per heavy atom. The number of alkyl halides is 3. The van der Waals surface area contributed by atoms with Gasteiger partial charge in [-0.1, -0.05) is 6.07 Å². The number of nitrogens with zero attached hydrogens (tertiary/aromatic N) is 1. The number of amides is 1. The quantitative estimate of drug-likeness (QED) is 0.753. The van der Waals surface area contributed by atoms with E-state index >= 15 is 0 Å². The highest BCUT2D eigenvalue weighted by Crippen LogP contribution is 2.31. The molecule has 0 aromatic heterocycles. The lowest BCUT2D eigenvalue weighted by atomic mass is 10.1. The highest BCUT2D eigenvalue weighted by molar-refractivity contribution is 5.93. The third kappa shape index (κ3) is 5.44. The number of rotatable bonds is 6. The second-order valence-corrected chi connectivity index (χ2v) is 7.36. The fourth-order valence-electron chi connectivity index (χ4n) is 3.60. The van der Waals surface area contributed by atoms with Crippen LogP contribution < -0.4 is 19.9 Å². The van der Waals surface area contributed by atoms with Crippen molar-refractivity contribution in [2.75, 3.05) is 43.0 Å². The van der Waals surface area contributed by atoms with Crippen molar-refractivity contribution < 1.29 is 27.6 Å². The molecule has 1 fully saturated rings. The number of nitrogens with one attached hydrogen (secondary N) is 2. The Kier molecular flexibility index (Phi) is 6.87. The van der Waals surface area contributed by atoms with Gasteiger partial charge in [0.1, 0.15) is 5.75 Å². The van der Waals surface area contributed by atoms with Gasteiger partial charge >= 0.3 is 6.18 Å². The minimum absolute atomic E-state index is 0.0818. The van der Waals surface area contributed by atoms with Crippen LogP contribution in [0.1, 0.15) is 19.4 Å². The first-order valence-electron chi connectivity index (χ1n) is 10.1. The van der Waals surface area contributed by atoms with Crippen molar-refractivity contribution in [2.45, 2.75) is 26.1 Å². The van der Waals surface area contributed by atoms with E-state index < -0.39 is 11.7 Å². The molecule has 0 radical (unpaired) electrons. The van der Waals surface area contributed by atoms with Gasteiger partial charge in [-0.05, 0) is 56.3 Å². The Bertz CT molecular complexity index is 847. The minimum Gasteiger partial charge on any atom is -0.494 e. The Balaban J connectivity index is 1.54. The third-order valence-corrected chi connectivity index (χ3v) is 5.38. The smallest absolute Gasteiger partial charge is 0.416 e. The largest absolute Gasteiger partial charge is 0.494 e. The normalized spacial score (nSPS) is 16.2. The van der Waals surface area contributed by atoms with Crippen LogP contribution in [0.4, 0.5) is 24.5 Å². The van der Waals surface area contributed by atoms with E-state index in [1.807, 2.05) is 30.9 Å². The van der Waals surface area contributed by atoms with E-state index in [0.29, 0.717) is 44.2 Å². The Morgan fingerprint density at radius 3 is 2.43 bits per heavy atom. The molecule has 0 aliphatic carbocycles. The van der Waals surface area contributed by atoms with Crippen LogP contribution in [-0.2, 0) is 11.0 Å². The van der Waals surface area contributed by atoms with E-state index in [9.17, 15) is 18.0 Å². The molecular formula is C22H27F3N3O2+. The molecule has 162 valence electrons. The molecular weight excluding hydrogens is 395 g/mol. The summed E-state index contributed by atoms with van der Waals surface area (Å²) >= 11 is 0. The van der Waals surface area contributed by atoms with Crippen molar-refractivity contribution in [3.05, 3.63) is 54.1 Å². The fraction of sp³-hybridized carbons (Fsp3) is 0.409. The summed E-state index contributed by atoms with van der Waals surface area (Å²) in [5, 5.41) is 2.92. The molecule has 1 atom stereocenters. The molecule has 2 aromatic carbocycles. The first-order valence-corrected chi connectivity index (χ1v) is 10.1. The monoisotopic (exact) mass is 422 g/mol. The number of benzene rings is 2. The van der Waals surface area contributed by atoms with E-state index in [4.69, 9.17) is 4.74 Å². The third-order valence-electron chi connectivity index (χ3n) is 5.38. The number of piperazine rings is 1. The van der Waals surface area contributed by atoms with Crippen LogP contribution >= 0.6 is 0 Å². The van der Waals surface area contributed by atoms with E-state index in [-0.39, 0.29) is 11.9 Å². The minimum atomic E-state index is -4.35. The predicted molar refractivity (Wildman–Crippen MR) is 110 cm³/mol. The van der Waals surface area contributed by atoms with Gasteiger partial charge in [-0.3, -0.25) is 4.79 Å². The second kappa shape index (κ2) is 9.38. The molecule has 0 unspecified atom stereocenters. The van der Waals surface area contributed by atoms with Crippen LogP contribution in [0.25, 0.3) is 0 Å². The van der Waals surface area contributed by atoms with Crippen LogP contribution in [0.3, 0.4) is 0 Å². The average molecular weight is 422 g/mol. The zero-order valence-electron chi connectivity index (χ0n) is 17.1. The zero-order chi connectivity index (χ0) is 21.7. The summed E-state index contributed by atoms with van der Waals surface area (Å²) in [5.41, 5.74) is 0.630. The van der Waals surface area contributed by atoms with Crippen LogP contribution in [0.5, 0.6) is 5.75 Å². The van der Waals surface area contributed by atoms with Gasteiger partial charge in [0, 0.05) is 11.4 Å². The summed E-state index contributed by atoms with van der Waals surface area (Å²) in [6.07, 6.45) is -4.35. The molecule has 30 heavy (non-hydrogen) atoms. The molecule has 8 heteroatoms. The maximum Gasteiger partial charge on any atom is 0.416 e. The summed E-state index contributed by atoms with van der Waals surface area (Å²) in [6.45, 7) is 6.90. The van der Waals surface area contributed by atoms with Crippen molar-refractivity contribution in [3.8, 4) is 5.75 Å². The van der Waals surface area contributed by atoms with Crippen LogP contribution in [-0.4, -0.2) is 44.7 Å². The SMILES string of the molecule is CCOc1ccc(NC(=O)[C@@H](C)[NH+]2CCN(c3cccc(C(F)(F)F)c3)CC2)cc1. The maximum absolute atomic E-state index is 13.0. The molecule has 1 heterocycles. The first kappa shape index (κ1) is 22.0. The summed E-state index contributed by atoms with van der Waals surface area (Å²) in [4.78, 5) is 15.7. The highest BCUT2D eigenvalue weighted by Gasteiger charge is 2.32. The summed E-state index contributed by atoms with van der Waals surface area (Å²) in [6, 6.07) is 12.4. The van der Waals surface area contributed by atoms with E-state index in [0.717, 1.165) is 16.7 Å². The van der Waals surface area contributed by atoms with Crippen molar-refractivity contribution in [1.29, 1.82) is 0 Å². The lowest BCUT2D eigenvalue weighted by Crippen LogP contribution is -3.19. The van der Waals surface area contributed by atoms with Crippen molar-refractivity contribution in [2.24, 2.45) is 0 Å². The number of ether oxygens (including phenoxy) is 1. The summed E-state index contributed by atoms with van der Waals surface area (Å²) in [5.74, 6) is 0.668. The topological polar surface area (TPSA) is 46.0 Å². The standard InChI is InChI=1S/C22H26F3N3O2/c1-3-30-20-9-7-18(8-10-20)26-21(29)16(2)27-11-13-28(14-12-27)19-6-4-5-17(15-19)22(23,24)25/h4-10,15-16H,3,11-14H2,1-2H3,(H,26,29)/p+1/t16-/m1/s1. The number of carbonyl (C=O) groups is 1. The molecule has 1 aliphatic rings. The van der Waals surface area contributed by atoms with Crippen LogP contribution in [0.2, 0.25) is 0 Å². The Labute approximate surface area is 174 Å². The molecule has 5 nitrogen and oxygen atoms in total. The van der Waals surface area contributed by atoms with Crippen molar-refractivity contribution in [1.82, 2.24) is 0 Å². The average Bonchev–Trinajstić information content (AvgIpc) is 2.74. The highest BCUT2D eigenvalue weighted by atomic mass is 19.4. The van der Waals surface area contributed by atoms with Crippen molar-refractivity contribution >= 4 is 17.3 Å². The first-order chi connectivity index (χ1) is 14.3. The molecule has 0 bridgehead atoms. The molecule has 2 aromatic rings. The predicted octanol–water partition coefficient (Wildman–Crippen LogP) is 2.84. The molecule has 0 spiro atoms. The van der Waals surface area contributed by atoms with Crippen molar-refractivity contribution in [3.63, 3.8) is 0 Å². The molecule has 1 amide bonds. The van der Waals surface area contributed by atoms with Gasteiger partial charge in [-0.2, -0.15) is 13.2 Å². The lowest BCUT2D eigenvalue weighted by Gasteiger charge is -2.36. The number of anilines is 2. The van der Waals surface area contributed by atoms with Gasteiger partial charge in [0.15, 0.2) is 6.04 Å². The molecule has 1 aliphatic heterocycles. The summed E-state index contributed by atoms with van der Waals surface area (Å²) < 4.78 is 44.3. The Morgan fingerprint density at radius 1 is 1.17 bits per heavy atom.